The summed E-state index contributed by atoms with van der Waals surface area (Å²) >= 11 is 0. The van der Waals surface area contributed by atoms with Gasteiger partial charge in [0.15, 0.2) is 5.96 Å². The third-order valence-electron chi connectivity index (χ3n) is 6.47. The summed E-state index contributed by atoms with van der Waals surface area (Å²) in [4.78, 5) is 9.50. The van der Waals surface area contributed by atoms with Gasteiger partial charge in [0.1, 0.15) is 0 Å². The molecule has 1 aromatic heterocycles. The van der Waals surface area contributed by atoms with E-state index in [1.807, 2.05) is 25.0 Å². The lowest BCUT2D eigenvalue weighted by Crippen LogP contribution is -2.39. The molecule has 0 saturated carbocycles. The van der Waals surface area contributed by atoms with E-state index < -0.39 is 0 Å². The van der Waals surface area contributed by atoms with Gasteiger partial charge in [-0.05, 0) is 49.0 Å². The summed E-state index contributed by atoms with van der Waals surface area (Å²) in [6.45, 7) is 6.42. The number of nitrogens with one attached hydrogen (secondary N) is 1. The summed E-state index contributed by atoms with van der Waals surface area (Å²) in [6, 6.07) is 9.10. The molecule has 3 heterocycles. The molecule has 6 nitrogen and oxygen atoms in total. The largest absolute Gasteiger partial charge is 0.352 e. The molecule has 4 rings (SSSR count). The van der Waals surface area contributed by atoms with Crippen LogP contribution in [0, 0.1) is 0 Å². The van der Waals surface area contributed by atoms with Crippen LogP contribution in [0.25, 0.3) is 0 Å². The average molecular weight is 409 g/mol. The number of benzene rings is 1. The summed E-state index contributed by atoms with van der Waals surface area (Å²) in [5.41, 5.74) is 4.05. The predicted molar refractivity (Wildman–Crippen MR) is 123 cm³/mol. The van der Waals surface area contributed by atoms with E-state index in [1.165, 1.54) is 55.5 Å². The summed E-state index contributed by atoms with van der Waals surface area (Å²) in [7, 11) is 3.86. The zero-order chi connectivity index (χ0) is 20.8. The fourth-order valence-electron chi connectivity index (χ4n) is 4.70. The molecule has 6 heteroatoms. The van der Waals surface area contributed by atoms with Crippen LogP contribution < -0.4 is 5.32 Å². The van der Waals surface area contributed by atoms with Crippen molar-refractivity contribution in [1.29, 1.82) is 0 Å². The Morgan fingerprint density at radius 1 is 1.07 bits per heavy atom. The van der Waals surface area contributed by atoms with Crippen molar-refractivity contribution >= 4 is 5.96 Å². The number of aryl methyl sites for hydroxylation is 1. The van der Waals surface area contributed by atoms with E-state index in [2.05, 4.69) is 55.7 Å². The van der Waals surface area contributed by atoms with E-state index in [0.29, 0.717) is 5.92 Å². The van der Waals surface area contributed by atoms with Gasteiger partial charge in [-0.2, -0.15) is 5.10 Å². The van der Waals surface area contributed by atoms with E-state index in [1.54, 1.807) is 0 Å². The molecule has 162 valence electrons. The summed E-state index contributed by atoms with van der Waals surface area (Å²) < 4.78 is 1.89. The highest BCUT2D eigenvalue weighted by molar-refractivity contribution is 5.80. The van der Waals surface area contributed by atoms with E-state index >= 15 is 0 Å². The van der Waals surface area contributed by atoms with Gasteiger partial charge < -0.3 is 10.2 Å². The van der Waals surface area contributed by atoms with Crippen molar-refractivity contribution in [2.45, 2.75) is 51.1 Å². The minimum absolute atomic E-state index is 0.538. The number of rotatable bonds is 5. The van der Waals surface area contributed by atoms with Crippen LogP contribution in [0.5, 0.6) is 0 Å². The lowest BCUT2D eigenvalue weighted by atomic mass is 10.0. The van der Waals surface area contributed by atoms with Crippen LogP contribution >= 0.6 is 0 Å². The Morgan fingerprint density at radius 3 is 2.47 bits per heavy atom. The quantitative estimate of drug-likeness (QED) is 0.609. The molecular weight excluding hydrogens is 372 g/mol. The van der Waals surface area contributed by atoms with Gasteiger partial charge in [0.25, 0.3) is 0 Å². The first-order valence-corrected chi connectivity index (χ1v) is 11.5. The molecule has 1 aromatic carbocycles. The third kappa shape index (κ3) is 5.42. The number of hydrogen-bond donors (Lipinski definition) is 1. The maximum absolute atomic E-state index is 4.53. The van der Waals surface area contributed by atoms with Crippen LogP contribution in [-0.2, 0) is 20.1 Å². The maximum atomic E-state index is 4.53. The van der Waals surface area contributed by atoms with Gasteiger partial charge in [0, 0.05) is 52.4 Å². The van der Waals surface area contributed by atoms with Crippen LogP contribution in [0.3, 0.4) is 0 Å². The van der Waals surface area contributed by atoms with Crippen molar-refractivity contribution in [3.8, 4) is 0 Å². The molecule has 0 radical (unpaired) electrons. The molecule has 0 bridgehead atoms. The molecule has 0 amide bonds. The van der Waals surface area contributed by atoms with Crippen LogP contribution in [0.1, 0.15) is 54.7 Å². The molecule has 0 spiro atoms. The van der Waals surface area contributed by atoms with Crippen LogP contribution in [0.15, 0.2) is 41.7 Å². The van der Waals surface area contributed by atoms with Crippen molar-refractivity contribution in [3.05, 3.63) is 53.3 Å². The second-order valence-electron chi connectivity index (χ2n) is 8.79. The van der Waals surface area contributed by atoms with Gasteiger partial charge in [-0.3, -0.25) is 14.6 Å². The predicted octanol–water partition coefficient (Wildman–Crippen LogP) is 3.36. The topological polar surface area (TPSA) is 48.7 Å². The second-order valence-corrected chi connectivity index (χ2v) is 8.79. The molecule has 1 unspecified atom stereocenters. The van der Waals surface area contributed by atoms with E-state index in [-0.39, 0.29) is 0 Å². The van der Waals surface area contributed by atoms with E-state index in [0.717, 1.165) is 38.6 Å². The minimum Gasteiger partial charge on any atom is -0.352 e. The first-order chi connectivity index (χ1) is 14.7. The Balaban J connectivity index is 1.27. The summed E-state index contributed by atoms with van der Waals surface area (Å²) in [5, 5.41) is 7.88. The Labute approximate surface area is 181 Å². The molecule has 1 N–H and O–H groups in total. The number of aliphatic imine (C=N–C) groups is 1. The Hall–Kier alpha value is -2.34. The molecule has 1 atom stereocenters. The number of aromatic nitrogens is 2. The van der Waals surface area contributed by atoms with Gasteiger partial charge in [0.2, 0.25) is 0 Å². The zero-order valence-corrected chi connectivity index (χ0v) is 18.6. The molecule has 2 aromatic rings. The van der Waals surface area contributed by atoms with Crippen LogP contribution in [-0.4, -0.2) is 58.8 Å². The normalized spacial score (nSPS) is 21.1. The Bertz CT molecular complexity index is 816. The first-order valence-electron chi connectivity index (χ1n) is 11.5. The SMILES string of the molecule is CN=C(NCc1ccc(CN2CCCCCC2)cc1)N1CCC(c2cnn(C)c2)C1. The van der Waals surface area contributed by atoms with Crippen molar-refractivity contribution in [1.82, 2.24) is 24.9 Å². The molecule has 2 fully saturated rings. The number of hydrogen-bond acceptors (Lipinski definition) is 3. The Kier molecular flexibility index (Phi) is 7.05. The van der Waals surface area contributed by atoms with E-state index in [4.69, 9.17) is 0 Å². The molecule has 0 aliphatic carbocycles. The van der Waals surface area contributed by atoms with Crippen molar-refractivity contribution in [2.24, 2.45) is 12.0 Å². The maximum Gasteiger partial charge on any atom is 0.193 e. The molecular formula is C24H36N6. The molecule has 2 aliphatic heterocycles. The van der Waals surface area contributed by atoms with Gasteiger partial charge in [-0.15, -0.1) is 0 Å². The van der Waals surface area contributed by atoms with Gasteiger partial charge in [-0.1, -0.05) is 37.1 Å². The lowest BCUT2D eigenvalue weighted by Gasteiger charge is -2.22. The zero-order valence-electron chi connectivity index (χ0n) is 18.6. The fraction of sp³-hybridized carbons (Fsp3) is 0.583. The summed E-state index contributed by atoms with van der Waals surface area (Å²) in [5.74, 6) is 1.53. The second kappa shape index (κ2) is 10.1. The lowest BCUT2D eigenvalue weighted by molar-refractivity contribution is 0.277. The third-order valence-corrected chi connectivity index (χ3v) is 6.47. The molecule has 2 aliphatic rings. The smallest absolute Gasteiger partial charge is 0.193 e. The monoisotopic (exact) mass is 408 g/mol. The van der Waals surface area contributed by atoms with E-state index in [9.17, 15) is 0 Å². The Morgan fingerprint density at radius 2 is 1.80 bits per heavy atom. The minimum atomic E-state index is 0.538. The number of nitrogens with zero attached hydrogens (tertiary/aromatic N) is 5. The molecule has 2 saturated heterocycles. The van der Waals surface area contributed by atoms with Crippen molar-refractivity contribution < 1.29 is 0 Å². The van der Waals surface area contributed by atoms with Crippen molar-refractivity contribution in [3.63, 3.8) is 0 Å². The highest BCUT2D eigenvalue weighted by Gasteiger charge is 2.26. The average Bonchev–Trinajstić information content (AvgIpc) is 3.34. The first kappa shape index (κ1) is 20.9. The number of guanidine groups is 1. The van der Waals surface area contributed by atoms with Crippen molar-refractivity contribution in [2.75, 3.05) is 33.2 Å². The summed E-state index contributed by atoms with van der Waals surface area (Å²) in [6.07, 6.45) is 10.8. The highest BCUT2D eigenvalue weighted by Crippen LogP contribution is 2.26. The number of likely N-dealkylation sites (tertiary alicyclic amines) is 2. The van der Waals surface area contributed by atoms with Gasteiger partial charge >= 0.3 is 0 Å². The van der Waals surface area contributed by atoms with Gasteiger partial charge in [-0.25, -0.2) is 0 Å². The highest BCUT2D eigenvalue weighted by atomic mass is 15.3. The van der Waals surface area contributed by atoms with Crippen LogP contribution in [0.2, 0.25) is 0 Å². The standard InChI is InChI=1S/C24H36N6/c1-25-24(30-14-11-22(19-30)23-16-27-28(2)18-23)26-15-20-7-9-21(10-8-20)17-29-12-5-3-4-6-13-29/h7-10,16,18,22H,3-6,11-15,17,19H2,1-2H3,(H,25,26). The fourth-order valence-corrected chi connectivity index (χ4v) is 4.70. The molecule has 30 heavy (non-hydrogen) atoms. The van der Waals surface area contributed by atoms with Gasteiger partial charge in [0.05, 0.1) is 6.20 Å². The van der Waals surface area contributed by atoms with Crippen LogP contribution in [0.4, 0.5) is 0 Å².